The average molecular weight is 170 g/mol. The minimum Gasteiger partial charge on any atom is -0.328 e. The second-order valence-electron chi connectivity index (χ2n) is 3.94. The monoisotopic (exact) mass is 170 g/mol. The molecule has 0 amide bonds. The third-order valence-electron chi connectivity index (χ3n) is 3.09. The predicted molar refractivity (Wildman–Crippen MR) is 53.1 cm³/mol. The van der Waals surface area contributed by atoms with E-state index < -0.39 is 0 Å². The lowest BCUT2D eigenvalue weighted by molar-refractivity contribution is 0.0985. The molecule has 0 bridgehead atoms. The molecular formula is C10H22N2. The van der Waals surface area contributed by atoms with E-state index in [9.17, 15) is 0 Å². The van der Waals surface area contributed by atoms with Gasteiger partial charge >= 0.3 is 0 Å². The summed E-state index contributed by atoms with van der Waals surface area (Å²) in [5.41, 5.74) is 6.50. The zero-order chi connectivity index (χ0) is 9.03. The van der Waals surface area contributed by atoms with Gasteiger partial charge in [0.05, 0.1) is 0 Å². The number of hydrogen-bond donors (Lipinski definition) is 2. The molecule has 0 atom stereocenters. The van der Waals surface area contributed by atoms with Gasteiger partial charge in [-0.25, -0.2) is 0 Å². The van der Waals surface area contributed by atoms with Crippen LogP contribution >= 0.6 is 0 Å². The topological polar surface area (TPSA) is 38.0 Å². The lowest BCUT2D eigenvalue weighted by Gasteiger charge is -2.46. The second kappa shape index (κ2) is 4.24. The van der Waals surface area contributed by atoms with Crippen molar-refractivity contribution in [3.05, 3.63) is 0 Å². The summed E-state index contributed by atoms with van der Waals surface area (Å²) in [5.74, 6) is 0. The van der Waals surface area contributed by atoms with Crippen LogP contribution in [0.5, 0.6) is 0 Å². The highest BCUT2D eigenvalue weighted by Gasteiger charge is 2.39. The van der Waals surface area contributed by atoms with Crippen molar-refractivity contribution in [1.29, 1.82) is 0 Å². The minimum atomic E-state index is 0.506. The van der Waals surface area contributed by atoms with Gasteiger partial charge in [-0.3, -0.25) is 0 Å². The summed E-state index contributed by atoms with van der Waals surface area (Å²) >= 11 is 0. The molecule has 72 valence electrons. The Morgan fingerprint density at radius 2 is 1.67 bits per heavy atom. The van der Waals surface area contributed by atoms with E-state index in [4.69, 9.17) is 5.73 Å². The van der Waals surface area contributed by atoms with Crippen LogP contribution in [0, 0.1) is 5.41 Å². The summed E-state index contributed by atoms with van der Waals surface area (Å²) in [6.45, 7) is 6.50. The van der Waals surface area contributed by atoms with Crippen molar-refractivity contribution >= 4 is 0 Å². The molecule has 1 aliphatic heterocycles. The van der Waals surface area contributed by atoms with E-state index in [2.05, 4.69) is 5.32 Å². The Morgan fingerprint density at radius 1 is 1.17 bits per heavy atom. The molecule has 2 rings (SSSR count). The molecule has 1 heterocycles. The Balaban J connectivity index is 0.000000336. The van der Waals surface area contributed by atoms with Crippen LogP contribution in [0.3, 0.4) is 0 Å². The molecule has 0 aromatic rings. The Labute approximate surface area is 75.9 Å². The Kier molecular flexibility index (Phi) is 3.53. The first-order valence-corrected chi connectivity index (χ1v) is 5.27. The lowest BCUT2D eigenvalue weighted by Crippen LogP contribution is -2.55. The fourth-order valence-corrected chi connectivity index (χ4v) is 2.08. The first-order valence-electron chi connectivity index (χ1n) is 5.27. The molecule has 0 aromatic carbocycles. The van der Waals surface area contributed by atoms with E-state index in [0.29, 0.717) is 11.5 Å². The molecule has 1 saturated carbocycles. The zero-order valence-electron chi connectivity index (χ0n) is 8.40. The van der Waals surface area contributed by atoms with Crippen molar-refractivity contribution in [2.24, 2.45) is 11.1 Å². The van der Waals surface area contributed by atoms with Gasteiger partial charge in [-0.1, -0.05) is 13.8 Å². The molecule has 0 radical (unpaired) electrons. The first-order chi connectivity index (χ1) is 5.81. The van der Waals surface area contributed by atoms with Gasteiger partial charge in [0.15, 0.2) is 0 Å². The summed E-state index contributed by atoms with van der Waals surface area (Å²) in [5, 5.41) is 3.35. The molecule has 1 aliphatic carbocycles. The number of rotatable bonds is 0. The standard InChI is InChI=1S/C8H16N2.C2H6/c9-7-1-3-8(4-2-7)5-10-6-8;1-2/h7,10H,1-6,9H2;1-2H3. The van der Waals surface area contributed by atoms with Crippen LogP contribution in [0.25, 0.3) is 0 Å². The van der Waals surface area contributed by atoms with E-state index >= 15 is 0 Å². The number of nitrogens with one attached hydrogen (secondary N) is 1. The molecule has 1 saturated heterocycles. The van der Waals surface area contributed by atoms with E-state index in [1.807, 2.05) is 13.8 Å². The van der Waals surface area contributed by atoms with Crippen molar-refractivity contribution in [1.82, 2.24) is 5.32 Å². The summed E-state index contributed by atoms with van der Waals surface area (Å²) in [4.78, 5) is 0. The van der Waals surface area contributed by atoms with Gasteiger partial charge in [0.25, 0.3) is 0 Å². The molecule has 1 spiro atoms. The van der Waals surface area contributed by atoms with E-state index in [1.54, 1.807) is 0 Å². The second-order valence-corrected chi connectivity index (χ2v) is 3.94. The van der Waals surface area contributed by atoms with Gasteiger partial charge in [0.1, 0.15) is 0 Å². The van der Waals surface area contributed by atoms with Crippen molar-refractivity contribution < 1.29 is 0 Å². The summed E-state index contributed by atoms with van der Waals surface area (Å²) in [6.07, 6.45) is 5.23. The maximum Gasteiger partial charge on any atom is 0.00392 e. The fourth-order valence-electron chi connectivity index (χ4n) is 2.08. The van der Waals surface area contributed by atoms with Crippen LogP contribution in [-0.4, -0.2) is 19.1 Å². The van der Waals surface area contributed by atoms with E-state index in [-0.39, 0.29) is 0 Å². The highest BCUT2D eigenvalue weighted by Crippen LogP contribution is 2.38. The van der Waals surface area contributed by atoms with Gasteiger partial charge in [0.2, 0.25) is 0 Å². The summed E-state index contributed by atoms with van der Waals surface area (Å²) in [6, 6.07) is 0.506. The van der Waals surface area contributed by atoms with Gasteiger partial charge < -0.3 is 11.1 Å². The van der Waals surface area contributed by atoms with Crippen molar-refractivity contribution in [2.45, 2.75) is 45.6 Å². The first kappa shape index (κ1) is 10.0. The van der Waals surface area contributed by atoms with Crippen molar-refractivity contribution in [2.75, 3.05) is 13.1 Å². The van der Waals surface area contributed by atoms with Gasteiger partial charge in [-0.05, 0) is 31.1 Å². The molecule has 2 heteroatoms. The van der Waals surface area contributed by atoms with E-state index in [1.165, 1.54) is 38.8 Å². The van der Waals surface area contributed by atoms with Gasteiger partial charge in [-0.2, -0.15) is 0 Å². The third kappa shape index (κ3) is 1.99. The summed E-state index contributed by atoms with van der Waals surface area (Å²) in [7, 11) is 0. The largest absolute Gasteiger partial charge is 0.328 e. The normalized spacial score (nSPS) is 27.2. The molecule has 12 heavy (non-hydrogen) atoms. The Bertz CT molecular complexity index is 120. The molecule has 0 aromatic heterocycles. The molecule has 0 unspecified atom stereocenters. The van der Waals surface area contributed by atoms with Crippen LogP contribution in [-0.2, 0) is 0 Å². The Hall–Kier alpha value is -0.0800. The van der Waals surface area contributed by atoms with Gasteiger partial charge in [0, 0.05) is 19.1 Å². The van der Waals surface area contributed by atoms with Crippen molar-refractivity contribution in [3.8, 4) is 0 Å². The summed E-state index contributed by atoms with van der Waals surface area (Å²) < 4.78 is 0. The van der Waals surface area contributed by atoms with Crippen LogP contribution in [0.2, 0.25) is 0 Å². The molecule has 2 nitrogen and oxygen atoms in total. The third-order valence-corrected chi connectivity index (χ3v) is 3.09. The lowest BCUT2D eigenvalue weighted by atomic mass is 9.69. The maximum atomic E-state index is 5.81. The number of hydrogen-bond acceptors (Lipinski definition) is 2. The van der Waals surface area contributed by atoms with Crippen LogP contribution < -0.4 is 11.1 Å². The smallest absolute Gasteiger partial charge is 0.00392 e. The van der Waals surface area contributed by atoms with E-state index in [0.717, 1.165) is 0 Å². The molecule has 2 aliphatic rings. The fraction of sp³-hybridized carbons (Fsp3) is 1.00. The number of nitrogens with two attached hydrogens (primary N) is 1. The predicted octanol–water partition coefficient (Wildman–Crippen LogP) is 1.50. The Morgan fingerprint density at radius 3 is 2.00 bits per heavy atom. The van der Waals surface area contributed by atoms with Crippen molar-refractivity contribution in [3.63, 3.8) is 0 Å². The highest BCUT2D eigenvalue weighted by molar-refractivity contribution is 4.96. The molecule has 3 N–H and O–H groups in total. The average Bonchev–Trinajstić information content (AvgIpc) is 2.07. The molecular weight excluding hydrogens is 148 g/mol. The van der Waals surface area contributed by atoms with Crippen LogP contribution in [0.1, 0.15) is 39.5 Å². The zero-order valence-corrected chi connectivity index (χ0v) is 8.40. The maximum absolute atomic E-state index is 5.81. The molecule has 2 fully saturated rings. The van der Waals surface area contributed by atoms with Crippen LogP contribution in [0.15, 0.2) is 0 Å². The minimum absolute atomic E-state index is 0.506. The van der Waals surface area contributed by atoms with Crippen LogP contribution in [0.4, 0.5) is 0 Å². The quantitative estimate of drug-likeness (QED) is 0.578. The van der Waals surface area contributed by atoms with Gasteiger partial charge in [-0.15, -0.1) is 0 Å². The highest BCUT2D eigenvalue weighted by atomic mass is 15.0. The SMILES string of the molecule is CC.NC1CCC2(CC1)CNC2.